The first-order valence-corrected chi connectivity index (χ1v) is 14.0. The second kappa shape index (κ2) is 12.8. The summed E-state index contributed by atoms with van der Waals surface area (Å²) >= 11 is 0. The maximum absolute atomic E-state index is 13.7. The molecule has 0 aliphatic heterocycles. The number of sulfonamides is 1. The second-order valence-corrected chi connectivity index (χ2v) is 11.3. The summed E-state index contributed by atoms with van der Waals surface area (Å²) in [4.78, 5) is 28.1. The lowest BCUT2D eigenvalue weighted by Gasteiger charge is -2.32. The van der Waals surface area contributed by atoms with E-state index in [1.165, 1.54) is 4.90 Å². The summed E-state index contributed by atoms with van der Waals surface area (Å²) in [7, 11) is -2.21. The summed E-state index contributed by atoms with van der Waals surface area (Å²) in [5, 5.41) is 2.92. The average molecular weight is 518 g/mol. The van der Waals surface area contributed by atoms with Gasteiger partial charge < -0.3 is 15.0 Å². The molecule has 8 nitrogen and oxygen atoms in total. The molecule has 0 bridgehead atoms. The molecule has 0 fully saturated rings. The maximum Gasteiger partial charge on any atom is 0.244 e. The zero-order valence-electron chi connectivity index (χ0n) is 22.3. The standard InChI is InChI=1S/C27H39N3O5S/c1-8-20(4)28-27(32)21(5)29(17-22-13-15-23(35-6)16-14-22)26(31)18-30(36(7,33)34)25-12-10-9-11-24(25)19(2)3/h9-16,19-21H,8,17-18H2,1-7H3,(H,28,32)/t20-,21+/m1/s1. The van der Waals surface area contributed by atoms with Gasteiger partial charge in [-0.25, -0.2) is 8.42 Å². The number of rotatable bonds is 12. The van der Waals surface area contributed by atoms with E-state index in [1.54, 1.807) is 38.3 Å². The summed E-state index contributed by atoms with van der Waals surface area (Å²) in [5.74, 6) is -0.0368. The summed E-state index contributed by atoms with van der Waals surface area (Å²) in [6.45, 7) is 9.18. The molecule has 0 aliphatic carbocycles. The van der Waals surface area contributed by atoms with Crippen molar-refractivity contribution in [2.75, 3.05) is 24.2 Å². The lowest BCUT2D eigenvalue weighted by atomic mass is 10.0. The third-order valence-corrected chi connectivity index (χ3v) is 7.31. The van der Waals surface area contributed by atoms with Gasteiger partial charge in [-0.15, -0.1) is 0 Å². The molecule has 0 aliphatic rings. The van der Waals surface area contributed by atoms with Gasteiger partial charge in [-0.2, -0.15) is 0 Å². The molecule has 2 atom stereocenters. The van der Waals surface area contributed by atoms with Gasteiger partial charge in [0.2, 0.25) is 21.8 Å². The topological polar surface area (TPSA) is 96.0 Å². The van der Waals surface area contributed by atoms with E-state index in [2.05, 4.69) is 5.32 Å². The Morgan fingerprint density at radius 2 is 1.61 bits per heavy atom. The van der Waals surface area contributed by atoms with Crippen LogP contribution in [-0.2, 0) is 26.2 Å². The van der Waals surface area contributed by atoms with Crippen molar-refractivity contribution in [2.45, 2.75) is 65.6 Å². The molecule has 0 unspecified atom stereocenters. The van der Waals surface area contributed by atoms with Gasteiger partial charge >= 0.3 is 0 Å². The van der Waals surface area contributed by atoms with E-state index < -0.39 is 28.5 Å². The number of methoxy groups -OCH3 is 1. The molecule has 2 aromatic rings. The minimum Gasteiger partial charge on any atom is -0.497 e. The van der Waals surface area contributed by atoms with Crippen LogP contribution in [-0.4, -0.2) is 57.1 Å². The average Bonchev–Trinajstić information content (AvgIpc) is 2.84. The van der Waals surface area contributed by atoms with Crippen molar-refractivity contribution in [1.82, 2.24) is 10.2 Å². The molecule has 1 N–H and O–H groups in total. The van der Waals surface area contributed by atoms with Crippen molar-refractivity contribution in [3.63, 3.8) is 0 Å². The van der Waals surface area contributed by atoms with Gasteiger partial charge in [0.1, 0.15) is 18.3 Å². The molecular formula is C27H39N3O5S. The molecule has 2 rings (SSSR count). The third kappa shape index (κ3) is 7.71. The summed E-state index contributed by atoms with van der Waals surface area (Å²) in [5.41, 5.74) is 2.07. The summed E-state index contributed by atoms with van der Waals surface area (Å²) < 4.78 is 32.0. The molecule has 0 spiro atoms. The van der Waals surface area contributed by atoms with E-state index in [0.29, 0.717) is 11.4 Å². The molecule has 9 heteroatoms. The molecule has 198 valence electrons. The highest BCUT2D eigenvalue weighted by molar-refractivity contribution is 7.92. The molecule has 0 aromatic heterocycles. The van der Waals surface area contributed by atoms with E-state index in [9.17, 15) is 18.0 Å². The molecule has 0 saturated carbocycles. The van der Waals surface area contributed by atoms with Gasteiger partial charge in [0.25, 0.3) is 0 Å². The molecule has 0 saturated heterocycles. The molecule has 0 radical (unpaired) electrons. The second-order valence-electron chi connectivity index (χ2n) is 9.35. The first-order chi connectivity index (χ1) is 16.9. The van der Waals surface area contributed by atoms with Crippen LogP contribution in [0.25, 0.3) is 0 Å². The van der Waals surface area contributed by atoms with E-state index in [4.69, 9.17) is 4.74 Å². The van der Waals surface area contributed by atoms with Crippen molar-refractivity contribution in [3.05, 3.63) is 59.7 Å². The Kier molecular flexibility index (Phi) is 10.3. The maximum atomic E-state index is 13.7. The van der Waals surface area contributed by atoms with Crippen LogP contribution in [0.1, 0.15) is 58.1 Å². The van der Waals surface area contributed by atoms with Crippen LogP contribution in [0.5, 0.6) is 5.75 Å². The number of para-hydroxylation sites is 1. The summed E-state index contributed by atoms with van der Waals surface area (Å²) in [6, 6.07) is 13.5. The largest absolute Gasteiger partial charge is 0.497 e. The van der Waals surface area contributed by atoms with Crippen LogP contribution in [0.15, 0.2) is 48.5 Å². The predicted octanol–water partition coefficient (Wildman–Crippen LogP) is 3.92. The van der Waals surface area contributed by atoms with Crippen molar-refractivity contribution in [3.8, 4) is 5.75 Å². The van der Waals surface area contributed by atoms with Crippen molar-refractivity contribution >= 4 is 27.5 Å². The molecule has 2 aromatic carbocycles. The Labute approximate surface area is 215 Å². The highest BCUT2D eigenvalue weighted by Gasteiger charge is 2.31. The van der Waals surface area contributed by atoms with Crippen molar-refractivity contribution < 1.29 is 22.7 Å². The molecule has 0 heterocycles. The van der Waals surface area contributed by atoms with Crippen LogP contribution >= 0.6 is 0 Å². The van der Waals surface area contributed by atoms with Crippen molar-refractivity contribution in [1.29, 1.82) is 0 Å². The first kappa shape index (κ1) is 29.2. The van der Waals surface area contributed by atoms with Gasteiger partial charge in [0, 0.05) is 12.6 Å². The van der Waals surface area contributed by atoms with Gasteiger partial charge in [0.15, 0.2) is 0 Å². The first-order valence-electron chi connectivity index (χ1n) is 12.2. The third-order valence-electron chi connectivity index (χ3n) is 6.19. The summed E-state index contributed by atoms with van der Waals surface area (Å²) in [6.07, 6.45) is 1.84. The molecule has 36 heavy (non-hydrogen) atoms. The number of anilines is 1. The van der Waals surface area contributed by atoms with E-state index in [0.717, 1.165) is 28.1 Å². The minimum absolute atomic E-state index is 0.0520. The Hall–Kier alpha value is -3.07. The van der Waals surface area contributed by atoms with Crippen LogP contribution < -0.4 is 14.4 Å². The number of benzene rings is 2. The number of carbonyl (C=O) groups excluding carboxylic acids is 2. The fourth-order valence-electron chi connectivity index (χ4n) is 3.77. The fourth-order valence-corrected chi connectivity index (χ4v) is 4.64. The monoisotopic (exact) mass is 517 g/mol. The highest BCUT2D eigenvalue weighted by atomic mass is 32.2. The number of nitrogens with one attached hydrogen (secondary N) is 1. The number of amides is 2. The van der Waals surface area contributed by atoms with Gasteiger partial charge in [0.05, 0.1) is 19.1 Å². The molecular weight excluding hydrogens is 478 g/mol. The Morgan fingerprint density at radius 3 is 2.14 bits per heavy atom. The zero-order chi connectivity index (χ0) is 27.0. The number of hydrogen-bond acceptors (Lipinski definition) is 5. The van der Waals surface area contributed by atoms with Crippen LogP contribution in [0, 0.1) is 0 Å². The van der Waals surface area contributed by atoms with Crippen molar-refractivity contribution in [2.24, 2.45) is 0 Å². The smallest absolute Gasteiger partial charge is 0.244 e. The van der Waals surface area contributed by atoms with E-state index in [1.807, 2.05) is 52.0 Å². The van der Waals surface area contributed by atoms with Gasteiger partial charge in [-0.3, -0.25) is 13.9 Å². The Morgan fingerprint density at radius 1 is 1.00 bits per heavy atom. The molecule has 2 amide bonds. The van der Waals surface area contributed by atoms with E-state index in [-0.39, 0.29) is 24.4 Å². The predicted molar refractivity (Wildman–Crippen MR) is 144 cm³/mol. The van der Waals surface area contributed by atoms with Crippen LogP contribution in [0.3, 0.4) is 0 Å². The number of hydrogen-bond donors (Lipinski definition) is 1. The lowest BCUT2D eigenvalue weighted by Crippen LogP contribution is -2.52. The Bertz CT molecular complexity index is 1130. The lowest BCUT2D eigenvalue weighted by molar-refractivity contribution is -0.139. The van der Waals surface area contributed by atoms with Crippen LogP contribution in [0.4, 0.5) is 5.69 Å². The highest BCUT2D eigenvalue weighted by Crippen LogP contribution is 2.29. The zero-order valence-corrected chi connectivity index (χ0v) is 23.1. The minimum atomic E-state index is -3.78. The Balaban J connectivity index is 2.44. The van der Waals surface area contributed by atoms with Gasteiger partial charge in [-0.05, 0) is 55.5 Å². The number of carbonyl (C=O) groups is 2. The normalized spacial score (nSPS) is 13.1. The fraction of sp³-hybridized carbons (Fsp3) is 0.481. The van der Waals surface area contributed by atoms with Crippen LogP contribution in [0.2, 0.25) is 0 Å². The van der Waals surface area contributed by atoms with Gasteiger partial charge in [-0.1, -0.05) is 51.1 Å². The number of nitrogens with zero attached hydrogens (tertiary/aromatic N) is 2. The van der Waals surface area contributed by atoms with E-state index >= 15 is 0 Å². The number of ether oxygens (including phenoxy) is 1. The quantitative estimate of drug-likeness (QED) is 0.460. The SMILES string of the molecule is CC[C@@H](C)NC(=O)[C@H](C)N(Cc1ccc(OC)cc1)C(=O)CN(c1ccccc1C(C)C)S(C)(=O)=O.